The molecule has 0 aliphatic rings. The van der Waals surface area contributed by atoms with Crippen LogP contribution in [0.2, 0.25) is 0 Å². The summed E-state index contributed by atoms with van der Waals surface area (Å²) in [6.07, 6.45) is 3.77. The molecule has 0 bridgehead atoms. The molecule has 0 saturated carbocycles. The van der Waals surface area contributed by atoms with Gasteiger partial charge in [0.25, 0.3) is 11.8 Å². The third-order valence-electron chi connectivity index (χ3n) is 5.28. The average molecular weight is 417 g/mol. The number of carbonyl (C=O) groups excluding carboxylic acids is 2. The molecule has 1 aromatic heterocycles. The van der Waals surface area contributed by atoms with Crippen LogP contribution in [0.15, 0.2) is 71.0 Å². The molecule has 0 unspecified atom stereocenters. The van der Waals surface area contributed by atoms with Gasteiger partial charge >= 0.3 is 0 Å². The van der Waals surface area contributed by atoms with Crippen molar-refractivity contribution in [1.29, 1.82) is 0 Å². The van der Waals surface area contributed by atoms with E-state index in [1.165, 1.54) is 23.5 Å². The van der Waals surface area contributed by atoms with Crippen LogP contribution >= 0.6 is 0 Å². The van der Waals surface area contributed by atoms with Crippen molar-refractivity contribution in [2.75, 3.05) is 0 Å². The maximum absolute atomic E-state index is 13.1. The quantitative estimate of drug-likeness (QED) is 0.517. The fourth-order valence-electron chi connectivity index (χ4n) is 3.21. The van der Waals surface area contributed by atoms with Gasteiger partial charge in [-0.3, -0.25) is 9.59 Å². The summed E-state index contributed by atoms with van der Waals surface area (Å²) in [6, 6.07) is 16.6. The van der Waals surface area contributed by atoms with E-state index in [4.69, 9.17) is 4.42 Å². The first kappa shape index (κ1) is 22.1. The summed E-state index contributed by atoms with van der Waals surface area (Å²) >= 11 is 0. The molecule has 5 heteroatoms. The van der Waals surface area contributed by atoms with Crippen molar-refractivity contribution in [3.63, 3.8) is 0 Å². The number of carbonyl (C=O) groups is 2. The molecule has 31 heavy (non-hydrogen) atoms. The van der Waals surface area contributed by atoms with Crippen LogP contribution in [0.1, 0.15) is 57.8 Å². The Balaban J connectivity index is 1.84. The first-order valence-electron chi connectivity index (χ1n) is 10.4. The van der Waals surface area contributed by atoms with Gasteiger partial charge in [-0.05, 0) is 68.1 Å². The maximum Gasteiger partial charge on any atom is 0.268 e. The number of amides is 2. The topological polar surface area (TPSA) is 71.3 Å². The molecule has 1 heterocycles. The molecule has 2 aromatic carbocycles. The van der Waals surface area contributed by atoms with Crippen LogP contribution in [-0.2, 0) is 4.79 Å². The third kappa shape index (κ3) is 5.72. The highest BCUT2D eigenvalue weighted by Gasteiger charge is 2.19. The normalized spacial score (nSPS) is 12.3. The second kappa shape index (κ2) is 9.94. The van der Waals surface area contributed by atoms with Gasteiger partial charge in [0.15, 0.2) is 0 Å². The summed E-state index contributed by atoms with van der Waals surface area (Å²) in [5.41, 5.74) is 5.06. The Hall–Kier alpha value is -3.60. The van der Waals surface area contributed by atoms with Crippen molar-refractivity contribution in [3.8, 4) is 0 Å². The molecule has 2 N–H and O–H groups in total. The van der Waals surface area contributed by atoms with E-state index in [0.717, 1.165) is 11.1 Å². The van der Waals surface area contributed by atoms with E-state index in [9.17, 15) is 9.59 Å². The minimum atomic E-state index is -0.373. The summed E-state index contributed by atoms with van der Waals surface area (Å²) in [6.45, 7) is 8.08. The second-order valence-corrected chi connectivity index (χ2v) is 7.67. The zero-order chi connectivity index (χ0) is 22.4. The number of aryl methyl sites for hydroxylation is 3. The first-order chi connectivity index (χ1) is 14.9. The molecule has 160 valence electrons. The van der Waals surface area contributed by atoms with Crippen LogP contribution in [-0.4, -0.2) is 11.8 Å². The lowest BCUT2D eigenvalue weighted by Gasteiger charge is -2.20. The largest absolute Gasteiger partial charge is 0.465 e. The van der Waals surface area contributed by atoms with Gasteiger partial charge in [0, 0.05) is 11.6 Å². The molecule has 0 aliphatic carbocycles. The Labute approximate surface area is 183 Å². The molecule has 3 aromatic rings. The van der Waals surface area contributed by atoms with Crippen LogP contribution in [0.25, 0.3) is 6.08 Å². The van der Waals surface area contributed by atoms with Crippen LogP contribution in [0.3, 0.4) is 0 Å². The molecule has 0 fully saturated rings. The highest BCUT2D eigenvalue weighted by atomic mass is 16.3. The van der Waals surface area contributed by atoms with Crippen molar-refractivity contribution in [3.05, 3.63) is 100 Å². The number of hydrogen-bond acceptors (Lipinski definition) is 3. The lowest BCUT2D eigenvalue weighted by molar-refractivity contribution is -0.118. The van der Waals surface area contributed by atoms with Gasteiger partial charge in [0.05, 0.1) is 12.3 Å². The number of benzene rings is 2. The van der Waals surface area contributed by atoms with Gasteiger partial charge in [-0.15, -0.1) is 0 Å². The number of furan rings is 1. The van der Waals surface area contributed by atoms with Crippen molar-refractivity contribution < 1.29 is 14.0 Å². The molecular formula is C26H28N2O3. The number of hydrogen-bond donors (Lipinski definition) is 2. The van der Waals surface area contributed by atoms with E-state index in [2.05, 4.69) is 36.6 Å². The van der Waals surface area contributed by atoms with Crippen molar-refractivity contribution in [2.45, 2.75) is 40.2 Å². The summed E-state index contributed by atoms with van der Waals surface area (Å²) in [5.74, 6) is -0.247. The van der Waals surface area contributed by atoms with E-state index in [1.807, 2.05) is 32.0 Å². The summed E-state index contributed by atoms with van der Waals surface area (Å²) < 4.78 is 5.35. The van der Waals surface area contributed by atoms with E-state index < -0.39 is 0 Å². The Morgan fingerprint density at radius 1 is 1.00 bits per heavy atom. The zero-order valence-corrected chi connectivity index (χ0v) is 18.4. The molecular weight excluding hydrogens is 388 g/mol. The smallest absolute Gasteiger partial charge is 0.268 e. The highest BCUT2D eigenvalue weighted by molar-refractivity contribution is 6.05. The SMILES string of the molecule is CC[C@H](NC(=O)/C(=C/c1ccco1)NC(=O)c1ccc(C)cc1)c1ccc(C)c(C)c1. The van der Waals surface area contributed by atoms with Gasteiger partial charge in [0.2, 0.25) is 0 Å². The van der Waals surface area contributed by atoms with Gasteiger partial charge in [0.1, 0.15) is 11.5 Å². The van der Waals surface area contributed by atoms with Crippen LogP contribution in [0.4, 0.5) is 0 Å². The Bertz CT molecular complexity index is 1080. The van der Waals surface area contributed by atoms with Gasteiger partial charge < -0.3 is 15.1 Å². The Kier molecular flexibility index (Phi) is 7.08. The molecule has 5 nitrogen and oxygen atoms in total. The molecule has 0 radical (unpaired) electrons. The predicted octanol–water partition coefficient (Wildman–Crippen LogP) is 5.24. The van der Waals surface area contributed by atoms with E-state index in [1.54, 1.807) is 24.3 Å². The monoisotopic (exact) mass is 416 g/mol. The third-order valence-corrected chi connectivity index (χ3v) is 5.28. The molecule has 3 rings (SSSR count). The summed E-state index contributed by atoms with van der Waals surface area (Å²) in [7, 11) is 0. The first-order valence-corrected chi connectivity index (χ1v) is 10.4. The average Bonchev–Trinajstić information content (AvgIpc) is 3.27. The van der Waals surface area contributed by atoms with Crippen LogP contribution in [0.5, 0.6) is 0 Å². The summed E-state index contributed by atoms with van der Waals surface area (Å²) in [4.78, 5) is 25.9. The van der Waals surface area contributed by atoms with Crippen LogP contribution in [0, 0.1) is 20.8 Å². The van der Waals surface area contributed by atoms with Crippen molar-refractivity contribution in [2.24, 2.45) is 0 Å². The fraction of sp³-hybridized carbons (Fsp3) is 0.231. The molecule has 0 aliphatic heterocycles. The lowest BCUT2D eigenvalue weighted by Crippen LogP contribution is -2.36. The van der Waals surface area contributed by atoms with E-state index in [-0.39, 0.29) is 23.6 Å². The number of rotatable bonds is 7. The Morgan fingerprint density at radius 2 is 1.74 bits per heavy atom. The van der Waals surface area contributed by atoms with Gasteiger partial charge in [-0.25, -0.2) is 0 Å². The summed E-state index contributed by atoms with van der Waals surface area (Å²) in [5, 5.41) is 5.79. The van der Waals surface area contributed by atoms with Crippen molar-refractivity contribution in [1.82, 2.24) is 10.6 Å². The lowest BCUT2D eigenvalue weighted by atomic mass is 9.99. The predicted molar refractivity (Wildman–Crippen MR) is 122 cm³/mol. The molecule has 0 spiro atoms. The van der Waals surface area contributed by atoms with Gasteiger partial charge in [-0.2, -0.15) is 0 Å². The van der Waals surface area contributed by atoms with E-state index >= 15 is 0 Å². The minimum absolute atomic E-state index is 0.128. The highest BCUT2D eigenvalue weighted by Crippen LogP contribution is 2.20. The van der Waals surface area contributed by atoms with Crippen molar-refractivity contribution >= 4 is 17.9 Å². The maximum atomic E-state index is 13.1. The standard InChI is InChI=1S/C26H28N2O3/c1-5-23(21-13-10-18(3)19(4)15-21)27-26(30)24(16-22-7-6-14-31-22)28-25(29)20-11-8-17(2)9-12-20/h6-16,23H,5H2,1-4H3,(H,27,30)(H,28,29)/b24-16-/t23-/m0/s1. The Morgan fingerprint density at radius 3 is 2.35 bits per heavy atom. The fourth-order valence-corrected chi connectivity index (χ4v) is 3.21. The molecule has 1 atom stereocenters. The second-order valence-electron chi connectivity index (χ2n) is 7.67. The zero-order valence-electron chi connectivity index (χ0n) is 18.4. The minimum Gasteiger partial charge on any atom is -0.465 e. The number of nitrogens with one attached hydrogen (secondary N) is 2. The molecule has 2 amide bonds. The van der Waals surface area contributed by atoms with E-state index in [0.29, 0.717) is 17.7 Å². The molecule has 0 saturated heterocycles. The van der Waals surface area contributed by atoms with Gasteiger partial charge in [-0.1, -0.05) is 42.8 Å². The van der Waals surface area contributed by atoms with Crippen LogP contribution < -0.4 is 10.6 Å².